The van der Waals surface area contributed by atoms with Crippen LogP contribution < -0.4 is 11.2 Å². The number of carbonyl (C=O) groups is 1. The minimum absolute atomic E-state index is 0.0657. The summed E-state index contributed by atoms with van der Waals surface area (Å²) in [6.45, 7) is 0.306. The molecular formula is C23H19ClN4O3. The molecule has 2 heterocycles. The Morgan fingerprint density at radius 2 is 1.74 bits per heavy atom. The summed E-state index contributed by atoms with van der Waals surface area (Å²) in [6, 6.07) is 15.7. The fourth-order valence-corrected chi connectivity index (χ4v) is 3.84. The summed E-state index contributed by atoms with van der Waals surface area (Å²) in [5, 5.41) is 0.541. The molecule has 0 bridgehead atoms. The van der Waals surface area contributed by atoms with Crippen molar-refractivity contribution >= 4 is 28.5 Å². The van der Waals surface area contributed by atoms with Gasteiger partial charge in [0.2, 0.25) is 0 Å². The lowest BCUT2D eigenvalue weighted by Crippen LogP contribution is -2.40. The Kier molecular flexibility index (Phi) is 4.82. The Hall–Kier alpha value is -3.45. The molecule has 156 valence electrons. The third kappa shape index (κ3) is 3.61. The second-order valence-electron chi connectivity index (χ2n) is 7.79. The van der Waals surface area contributed by atoms with E-state index in [-0.39, 0.29) is 23.5 Å². The first-order valence-electron chi connectivity index (χ1n) is 10.1. The molecule has 2 aromatic carbocycles. The Balaban J connectivity index is 1.67. The first-order valence-corrected chi connectivity index (χ1v) is 10.5. The van der Waals surface area contributed by atoms with Gasteiger partial charge in [0.25, 0.3) is 5.56 Å². The van der Waals surface area contributed by atoms with Gasteiger partial charge in [-0.2, -0.15) is 0 Å². The lowest BCUT2D eigenvalue weighted by Gasteiger charge is -2.12. The van der Waals surface area contributed by atoms with Crippen molar-refractivity contribution in [2.75, 3.05) is 0 Å². The summed E-state index contributed by atoms with van der Waals surface area (Å²) >= 11 is 5.91. The van der Waals surface area contributed by atoms with Crippen LogP contribution in [0, 0.1) is 5.92 Å². The predicted octanol–water partition coefficient (Wildman–Crippen LogP) is 3.30. The van der Waals surface area contributed by atoms with E-state index in [1.807, 2.05) is 18.2 Å². The van der Waals surface area contributed by atoms with Crippen molar-refractivity contribution in [3.63, 3.8) is 0 Å². The molecule has 0 unspecified atom stereocenters. The largest absolute Gasteiger partial charge is 0.337 e. The molecule has 7 nitrogen and oxygen atoms in total. The second-order valence-corrected chi connectivity index (χ2v) is 8.22. The van der Waals surface area contributed by atoms with Crippen molar-refractivity contribution < 1.29 is 4.79 Å². The molecule has 0 N–H and O–H groups in total. The molecule has 1 aliphatic carbocycles. The number of carbonyl (C=O) groups excluding carboxylic acids is 1. The van der Waals surface area contributed by atoms with E-state index in [1.54, 1.807) is 36.4 Å². The highest BCUT2D eigenvalue weighted by atomic mass is 35.5. The molecule has 8 heteroatoms. The zero-order valence-electron chi connectivity index (χ0n) is 16.6. The van der Waals surface area contributed by atoms with E-state index in [1.165, 1.54) is 20.0 Å². The average Bonchev–Trinajstić information content (AvgIpc) is 3.51. The van der Waals surface area contributed by atoms with E-state index in [9.17, 15) is 14.4 Å². The van der Waals surface area contributed by atoms with Crippen LogP contribution in [0.4, 0.5) is 0 Å². The minimum atomic E-state index is -0.416. The molecule has 1 aliphatic rings. The summed E-state index contributed by atoms with van der Waals surface area (Å²) in [6.07, 6.45) is 3.45. The predicted molar refractivity (Wildman–Crippen MR) is 118 cm³/mol. The first-order chi connectivity index (χ1) is 15.0. The molecule has 0 amide bonds. The van der Waals surface area contributed by atoms with Crippen molar-refractivity contribution in [3.05, 3.63) is 92.3 Å². The quantitative estimate of drug-likeness (QED) is 0.436. The highest BCUT2D eigenvalue weighted by molar-refractivity contribution is 6.30. The molecule has 4 aromatic rings. The van der Waals surface area contributed by atoms with Crippen LogP contribution >= 0.6 is 11.6 Å². The summed E-state index contributed by atoms with van der Waals surface area (Å²) < 4.78 is 4.25. The van der Waals surface area contributed by atoms with Crippen molar-refractivity contribution in [2.45, 2.75) is 25.9 Å². The van der Waals surface area contributed by atoms with Gasteiger partial charge in [-0.05, 0) is 55.2 Å². The van der Waals surface area contributed by atoms with E-state index in [4.69, 9.17) is 11.6 Å². The lowest BCUT2D eigenvalue weighted by molar-refractivity contribution is 0.0973. The number of hydrogen-bond donors (Lipinski definition) is 0. The van der Waals surface area contributed by atoms with Gasteiger partial charge in [-0.3, -0.25) is 14.2 Å². The fourth-order valence-electron chi connectivity index (χ4n) is 3.71. The van der Waals surface area contributed by atoms with Crippen LogP contribution in [0.25, 0.3) is 16.9 Å². The normalized spacial score (nSPS) is 13.6. The maximum absolute atomic E-state index is 13.3. The standard InChI is InChI=1S/C23H19ClN4O3/c24-17-10-8-16(9-11-17)19(29)13-26-14-25-21-20(26)22(30)27(12-15-6-7-15)23(31)28(21)18-4-2-1-3-5-18/h1-5,8-11,14-15H,6-7,12-13H2. The Labute approximate surface area is 182 Å². The van der Waals surface area contributed by atoms with Crippen LogP contribution in [0.1, 0.15) is 23.2 Å². The fraction of sp³-hybridized carbons (Fsp3) is 0.217. The second kappa shape index (κ2) is 7.67. The molecule has 5 rings (SSSR count). The molecule has 2 aromatic heterocycles. The maximum Gasteiger partial charge on any atom is 0.337 e. The zero-order chi connectivity index (χ0) is 21.5. The number of halogens is 1. The number of ketones is 1. The number of para-hydroxylation sites is 1. The van der Waals surface area contributed by atoms with Gasteiger partial charge in [0.1, 0.15) is 0 Å². The van der Waals surface area contributed by atoms with Crippen molar-refractivity contribution in [1.82, 2.24) is 18.7 Å². The smallest absolute Gasteiger partial charge is 0.317 e. The molecule has 1 saturated carbocycles. The topological polar surface area (TPSA) is 78.9 Å². The van der Waals surface area contributed by atoms with E-state index in [2.05, 4.69) is 4.98 Å². The van der Waals surface area contributed by atoms with Crippen molar-refractivity contribution in [1.29, 1.82) is 0 Å². The highest BCUT2D eigenvalue weighted by Crippen LogP contribution is 2.30. The van der Waals surface area contributed by atoms with Crippen LogP contribution in [-0.2, 0) is 13.1 Å². The van der Waals surface area contributed by atoms with Gasteiger partial charge >= 0.3 is 5.69 Å². The molecule has 1 fully saturated rings. The molecular weight excluding hydrogens is 416 g/mol. The number of fused-ring (bicyclic) bond motifs is 1. The van der Waals surface area contributed by atoms with E-state index >= 15 is 0 Å². The van der Waals surface area contributed by atoms with Gasteiger partial charge in [-0.25, -0.2) is 14.3 Å². The Morgan fingerprint density at radius 3 is 2.42 bits per heavy atom. The van der Waals surface area contributed by atoms with Gasteiger partial charge in [0, 0.05) is 17.1 Å². The summed E-state index contributed by atoms with van der Waals surface area (Å²) in [5.41, 5.74) is 0.770. The van der Waals surface area contributed by atoms with Crippen molar-refractivity contribution in [3.8, 4) is 5.69 Å². The number of aromatic nitrogens is 4. The van der Waals surface area contributed by atoms with Crippen molar-refractivity contribution in [2.24, 2.45) is 5.92 Å². The number of benzene rings is 2. The number of hydrogen-bond acceptors (Lipinski definition) is 4. The number of Topliss-reactive ketones (excluding diaryl/α,β-unsaturated/α-hetero) is 1. The minimum Gasteiger partial charge on any atom is -0.317 e. The summed E-state index contributed by atoms with van der Waals surface area (Å²) in [7, 11) is 0. The molecule has 0 spiro atoms. The molecule has 0 aliphatic heterocycles. The maximum atomic E-state index is 13.3. The average molecular weight is 435 g/mol. The van der Waals surface area contributed by atoms with Gasteiger partial charge in [-0.1, -0.05) is 29.8 Å². The number of imidazole rings is 1. The number of rotatable bonds is 6. The van der Waals surface area contributed by atoms with Gasteiger partial charge in [0.05, 0.1) is 18.6 Å². The van der Waals surface area contributed by atoms with E-state index in [0.29, 0.717) is 28.7 Å². The van der Waals surface area contributed by atoms with Crippen LogP contribution in [-0.4, -0.2) is 24.5 Å². The monoisotopic (exact) mass is 434 g/mol. The van der Waals surface area contributed by atoms with Gasteiger partial charge in [0.15, 0.2) is 16.9 Å². The first kappa shape index (κ1) is 19.5. The summed E-state index contributed by atoms with van der Waals surface area (Å²) in [5.74, 6) is 0.153. The Morgan fingerprint density at radius 1 is 1.03 bits per heavy atom. The van der Waals surface area contributed by atoms with Crippen LogP contribution in [0.3, 0.4) is 0 Å². The van der Waals surface area contributed by atoms with Gasteiger partial charge in [-0.15, -0.1) is 0 Å². The van der Waals surface area contributed by atoms with Gasteiger partial charge < -0.3 is 4.57 Å². The third-order valence-electron chi connectivity index (χ3n) is 5.53. The molecule has 31 heavy (non-hydrogen) atoms. The zero-order valence-corrected chi connectivity index (χ0v) is 17.3. The van der Waals surface area contributed by atoms with E-state index in [0.717, 1.165) is 12.8 Å². The summed E-state index contributed by atoms with van der Waals surface area (Å²) in [4.78, 5) is 43.7. The lowest BCUT2D eigenvalue weighted by atomic mass is 10.1. The Bertz CT molecular complexity index is 1400. The molecule has 0 saturated heterocycles. The van der Waals surface area contributed by atoms with E-state index < -0.39 is 11.2 Å². The highest BCUT2D eigenvalue weighted by Gasteiger charge is 2.26. The van der Waals surface area contributed by atoms with Crippen LogP contribution in [0.5, 0.6) is 0 Å². The molecule has 0 atom stereocenters. The SMILES string of the molecule is O=C(Cn1cnc2c1c(=O)n(CC1CC1)c(=O)n2-c1ccccc1)c1ccc(Cl)cc1. The van der Waals surface area contributed by atoms with Crippen LogP contribution in [0.15, 0.2) is 70.5 Å². The number of nitrogens with zero attached hydrogens (tertiary/aromatic N) is 4. The third-order valence-corrected chi connectivity index (χ3v) is 5.78. The van der Waals surface area contributed by atoms with Crippen LogP contribution in [0.2, 0.25) is 5.02 Å². The molecule has 0 radical (unpaired) electrons.